The molecule has 2 rings (SSSR count). The first-order chi connectivity index (χ1) is 11.4. The number of ether oxygens (including phenoxy) is 1. The Morgan fingerprint density at radius 3 is 2.46 bits per heavy atom. The maximum atomic E-state index is 14.2. The molecule has 0 spiro atoms. The van der Waals surface area contributed by atoms with Crippen LogP contribution in [0, 0.1) is 5.82 Å². The van der Waals surface area contributed by atoms with Crippen molar-refractivity contribution in [1.29, 1.82) is 0 Å². The first-order valence-corrected chi connectivity index (χ1v) is 9.45. The Balaban J connectivity index is 2.46. The minimum atomic E-state index is -3.93. The van der Waals surface area contributed by atoms with Gasteiger partial charge in [0.2, 0.25) is 0 Å². The lowest BCUT2D eigenvalue weighted by Crippen LogP contribution is -2.31. The van der Waals surface area contributed by atoms with Crippen molar-refractivity contribution < 1.29 is 17.5 Å². The summed E-state index contributed by atoms with van der Waals surface area (Å²) in [5.74, 6) is -0.0673. The number of anilines is 1. The van der Waals surface area contributed by atoms with Crippen LogP contribution >= 0.6 is 15.9 Å². The van der Waals surface area contributed by atoms with Gasteiger partial charge >= 0.3 is 0 Å². The second-order valence-electron chi connectivity index (χ2n) is 4.82. The predicted molar refractivity (Wildman–Crippen MR) is 96.4 cm³/mol. The Morgan fingerprint density at radius 2 is 1.92 bits per heavy atom. The molecule has 0 radical (unpaired) electrons. The fourth-order valence-electron chi connectivity index (χ4n) is 2.13. The summed E-state index contributed by atoms with van der Waals surface area (Å²) in [6.07, 6.45) is 1.41. The molecule has 0 aliphatic rings. The lowest BCUT2D eigenvalue weighted by molar-refractivity contribution is 0.340. The molecular formula is C17H17BrFNO3S. The second-order valence-corrected chi connectivity index (χ2v) is 7.60. The molecule has 0 fully saturated rings. The third-order valence-corrected chi connectivity index (χ3v) is 5.48. The van der Waals surface area contributed by atoms with Crippen LogP contribution in [-0.2, 0) is 10.0 Å². The van der Waals surface area contributed by atoms with Gasteiger partial charge < -0.3 is 4.74 Å². The molecule has 2 aromatic rings. The Bertz CT molecular complexity index is 822. The highest BCUT2D eigenvalue weighted by Crippen LogP contribution is 2.29. The summed E-state index contributed by atoms with van der Waals surface area (Å²) >= 11 is 3.16. The predicted octanol–water partition coefficient (Wildman–Crippen LogP) is 4.37. The molecule has 0 saturated heterocycles. The summed E-state index contributed by atoms with van der Waals surface area (Å²) in [5, 5.41) is 0. The Morgan fingerprint density at radius 1 is 1.25 bits per heavy atom. The van der Waals surface area contributed by atoms with E-state index in [4.69, 9.17) is 4.74 Å². The topological polar surface area (TPSA) is 46.6 Å². The van der Waals surface area contributed by atoms with E-state index in [9.17, 15) is 12.8 Å². The standard InChI is InChI=1S/C17H17BrFNO3S/c1-3-11-20(17-10-5-13(18)12-16(17)19)24(21,22)15-8-6-14(7-9-15)23-4-2/h3,5-10,12H,1,4,11H2,2H3. The van der Waals surface area contributed by atoms with E-state index in [0.29, 0.717) is 16.8 Å². The quantitative estimate of drug-likeness (QED) is 0.633. The molecule has 0 aliphatic heterocycles. The lowest BCUT2D eigenvalue weighted by atomic mass is 10.3. The smallest absolute Gasteiger partial charge is 0.264 e. The summed E-state index contributed by atoms with van der Waals surface area (Å²) in [7, 11) is -3.93. The Hall–Kier alpha value is -1.86. The average molecular weight is 414 g/mol. The third-order valence-electron chi connectivity index (χ3n) is 3.20. The monoisotopic (exact) mass is 413 g/mol. The molecule has 24 heavy (non-hydrogen) atoms. The van der Waals surface area contributed by atoms with Gasteiger partial charge in [-0.25, -0.2) is 12.8 Å². The highest BCUT2D eigenvalue weighted by Gasteiger charge is 2.26. The van der Waals surface area contributed by atoms with Gasteiger partial charge in [0.15, 0.2) is 0 Å². The summed E-state index contributed by atoms with van der Waals surface area (Å²) in [6.45, 7) is 5.84. The molecule has 0 aliphatic carbocycles. The number of nitrogens with zero attached hydrogens (tertiary/aromatic N) is 1. The number of sulfonamides is 1. The number of benzene rings is 2. The van der Waals surface area contributed by atoms with Crippen molar-refractivity contribution in [2.45, 2.75) is 11.8 Å². The minimum Gasteiger partial charge on any atom is -0.494 e. The van der Waals surface area contributed by atoms with Crippen LogP contribution in [0.25, 0.3) is 0 Å². The van der Waals surface area contributed by atoms with Crippen LogP contribution < -0.4 is 9.04 Å². The number of hydrogen-bond donors (Lipinski definition) is 0. The van der Waals surface area contributed by atoms with Crippen molar-refractivity contribution in [3.63, 3.8) is 0 Å². The maximum absolute atomic E-state index is 14.2. The Labute approximate surface area is 149 Å². The van der Waals surface area contributed by atoms with Gasteiger partial charge in [0, 0.05) is 4.47 Å². The second kappa shape index (κ2) is 7.81. The molecule has 0 atom stereocenters. The van der Waals surface area contributed by atoms with E-state index in [1.807, 2.05) is 6.92 Å². The molecule has 0 bridgehead atoms. The summed E-state index contributed by atoms with van der Waals surface area (Å²) in [6, 6.07) is 10.2. The SMILES string of the molecule is C=CCN(c1ccc(Br)cc1F)S(=O)(=O)c1ccc(OCC)cc1. The van der Waals surface area contributed by atoms with Crippen LogP contribution in [0.5, 0.6) is 5.75 Å². The van der Waals surface area contributed by atoms with Crippen molar-refractivity contribution in [2.75, 3.05) is 17.5 Å². The summed E-state index contributed by atoms with van der Waals surface area (Å²) in [4.78, 5) is 0.0510. The van der Waals surface area contributed by atoms with Crippen molar-refractivity contribution in [1.82, 2.24) is 0 Å². The zero-order valence-electron chi connectivity index (χ0n) is 13.1. The molecule has 2 aromatic carbocycles. The zero-order chi connectivity index (χ0) is 17.7. The zero-order valence-corrected chi connectivity index (χ0v) is 15.5. The maximum Gasteiger partial charge on any atom is 0.264 e. The van der Waals surface area contributed by atoms with Crippen LogP contribution in [0.1, 0.15) is 6.92 Å². The number of rotatable bonds is 7. The van der Waals surface area contributed by atoms with Gasteiger partial charge in [0.05, 0.1) is 23.7 Å². The van der Waals surface area contributed by atoms with E-state index < -0.39 is 15.8 Å². The van der Waals surface area contributed by atoms with Crippen LogP contribution in [0.4, 0.5) is 10.1 Å². The van der Waals surface area contributed by atoms with E-state index in [2.05, 4.69) is 22.5 Å². The molecule has 0 heterocycles. The van der Waals surface area contributed by atoms with Gasteiger partial charge in [0.1, 0.15) is 11.6 Å². The lowest BCUT2D eigenvalue weighted by Gasteiger charge is -2.23. The number of halogens is 2. The van der Waals surface area contributed by atoms with Gasteiger partial charge in [-0.15, -0.1) is 6.58 Å². The normalized spacial score (nSPS) is 11.1. The van der Waals surface area contributed by atoms with Gasteiger partial charge in [-0.05, 0) is 49.4 Å². The molecular weight excluding hydrogens is 397 g/mol. The molecule has 7 heteroatoms. The summed E-state index contributed by atoms with van der Waals surface area (Å²) < 4.78 is 46.8. The van der Waals surface area contributed by atoms with E-state index in [1.54, 1.807) is 18.2 Å². The van der Waals surface area contributed by atoms with Gasteiger partial charge in [0.25, 0.3) is 10.0 Å². The third kappa shape index (κ3) is 3.96. The summed E-state index contributed by atoms with van der Waals surface area (Å²) in [5.41, 5.74) is -0.0352. The molecule has 0 unspecified atom stereocenters. The molecule has 0 N–H and O–H groups in total. The first-order valence-electron chi connectivity index (χ1n) is 7.21. The molecule has 4 nitrogen and oxygen atoms in total. The largest absolute Gasteiger partial charge is 0.494 e. The fraction of sp³-hybridized carbons (Fsp3) is 0.176. The highest BCUT2D eigenvalue weighted by molar-refractivity contribution is 9.10. The van der Waals surface area contributed by atoms with E-state index in [1.165, 1.54) is 30.3 Å². The van der Waals surface area contributed by atoms with Crippen molar-refractivity contribution in [3.05, 3.63) is 65.4 Å². The fourth-order valence-corrected chi connectivity index (χ4v) is 3.90. The van der Waals surface area contributed by atoms with E-state index >= 15 is 0 Å². The van der Waals surface area contributed by atoms with Gasteiger partial charge in [-0.2, -0.15) is 0 Å². The molecule has 0 saturated carbocycles. The van der Waals surface area contributed by atoms with Crippen molar-refractivity contribution >= 4 is 31.6 Å². The molecule has 128 valence electrons. The van der Waals surface area contributed by atoms with Crippen LogP contribution in [0.2, 0.25) is 0 Å². The molecule has 0 aromatic heterocycles. The average Bonchev–Trinajstić information content (AvgIpc) is 2.54. The van der Waals surface area contributed by atoms with E-state index in [0.717, 1.165) is 4.31 Å². The van der Waals surface area contributed by atoms with Crippen LogP contribution in [0.3, 0.4) is 0 Å². The first kappa shape index (κ1) is 18.5. The molecule has 0 amide bonds. The van der Waals surface area contributed by atoms with E-state index in [-0.39, 0.29) is 17.1 Å². The van der Waals surface area contributed by atoms with Crippen LogP contribution in [-0.4, -0.2) is 21.6 Å². The van der Waals surface area contributed by atoms with Gasteiger partial charge in [-0.3, -0.25) is 4.31 Å². The Kier molecular flexibility index (Phi) is 6.01. The van der Waals surface area contributed by atoms with Crippen molar-refractivity contribution in [2.24, 2.45) is 0 Å². The van der Waals surface area contributed by atoms with Crippen molar-refractivity contribution in [3.8, 4) is 5.75 Å². The highest BCUT2D eigenvalue weighted by atomic mass is 79.9. The van der Waals surface area contributed by atoms with Crippen LogP contribution in [0.15, 0.2) is 64.5 Å². The van der Waals surface area contributed by atoms with Gasteiger partial charge in [-0.1, -0.05) is 22.0 Å². The number of hydrogen-bond acceptors (Lipinski definition) is 3. The minimum absolute atomic E-state index is 0.0352.